The molecule has 0 spiro atoms. The maximum Gasteiger partial charge on any atom is 0.159 e. The maximum absolute atomic E-state index is 10.6. The van der Waals surface area contributed by atoms with E-state index in [0.717, 1.165) is 107 Å². The van der Waals surface area contributed by atoms with E-state index in [1.807, 2.05) is 48.5 Å². The van der Waals surface area contributed by atoms with Gasteiger partial charge in [-0.3, -0.25) is 0 Å². The first-order valence-electron chi connectivity index (χ1n) is 22.0. The van der Waals surface area contributed by atoms with Gasteiger partial charge in [0.25, 0.3) is 0 Å². The minimum atomic E-state index is -0.109. The van der Waals surface area contributed by atoms with Crippen LogP contribution < -0.4 is 9.80 Å². The van der Waals surface area contributed by atoms with Crippen molar-refractivity contribution >= 4 is 110 Å². The Balaban J connectivity index is 1.16. The lowest BCUT2D eigenvalue weighted by molar-refractivity contribution is 0.475. The molecule has 2 aromatic heterocycles. The van der Waals surface area contributed by atoms with E-state index in [4.69, 9.17) is 8.83 Å². The molecule has 0 unspecified atom stereocenters. The van der Waals surface area contributed by atoms with Crippen LogP contribution in [0.3, 0.4) is 0 Å². The van der Waals surface area contributed by atoms with E-state index < -0.39 is 0 Å². The quantitative estimate of drug-likeness (QED) is 0.163. The van der Waals surface area contributed by atoms with Crippen molar-refractivity contribution in [1.29, 1.82) is 0 Å². The molecule has 64 heavy (non-hydrogen) atoms. The van der Waals surface area contributed by atoms with Crippen molar-refractivity contribution < 1.29 is 19.0 Å². The Morgan fingerprint density at radius 2 is 0.969 bits per heavy atom. The smallest absolute Gasteiger partial charge is 0.159 e. The van der Waals surface area contributed by atoms with Crippen LogP contribution in [0.25, 0.3) is 76.2 Å². The number of phenols is 2. The molecular weight excluding hydrogens is 789 g/mol. The van der Waals surface area contributed by atoms with Crippen LogP contribution in [0.4, 0.5) is 34.1 Å². The summed E-state index contributed by atoms with van der Waals surface area (Å²) < 4.78 is 13.5. The molecule has 0 amide bonds. The van der Waals surface area contributed by atoms with Crippen molar-refractivity contribution in [3.05, 3.63) is 180 Å². The van der Waals surface area contributed by atoms with Crippen molar-refractivity contribution in [2.45, 2.75) is 39.0 Å². The van der Waals surface area contributed by atoms with Crippen molar-refractivity contribution in [2.24, 2.45) is 0 Å². The van der Waals surface area contributed by atoms with Gasteiger partial charge in [-0.2, -0.15) is 0 Å². The highest BCUT2D eigenvalue weighted by Crippen LogP contribution is 2.55. The zero-order valence-corrected chi connectivity index (χ0v) is 35.6. The molecule has 0 fully saturated rings. The van der Waals surface area contributed by atoms with Gasteiger partial charge < -0.3 is 28.8 Å². The van der Waals surface area contributed by atoms with E-state index >= 15 is 0 Å². The van der Waals surface area contributed by atoms with Crippen molar-refractivity contribution in [2.75, 3.05) is 9.80 Å². The van der Waals surface area contributed by atoms with Crippen LogP contribution in [0.1, 0.15) is 37.0 Å². The third-order valence-electron chi connectivity index (χ3n) is 13.9. The monoisotopic (exact) mass is 830 g/mol. The third kappa shape index (κ3) is 5.20. The molecule has 0 radical (unpaired) electrons. The summed E-state index contributed by atoms with van der Waals surface area (Å²) in [7, 11) is 0. The normalized spacial score (nSPS) is 13.7. The molecule has 1 aliphatic carbocycles. The van der Waals surface area contributed by atoms with E-state index in [0.29, 0.717) is 0 Å². The van der Waals surface area contributed by atoms with Gasteiger partial charge in [0.15, 0.2) is 11.2 Å². The minimum Gasteiger partial charge on any atom is -0.508 e. The Kier molecular flexibility index (Phi) is 7.61. The molecule has 1 aliphatic rings. The molecular formula is C58H42N2O4. The van der Waals surface area contributed by atoms with Gasteiger partial charge in [0.2, 0.25) is 0 Å². The number of nitrogens with zero attached hydrogens (tertiary/aromatic N) is 2. The predicted octanol–water partition coefficient (Wildman–Crippen LogP) is 16.3. The summed E-state index contributed by atoms with van der Waals surface area (Å²) in [6.07, 6.45) is 1.92. The molecule has 308 valence electrons. The van der Waals surface area contributed by atoms with Crippen molar-refractivity contribution in [3.63, 3.8) is 0 Å². The van der Waals surface area contributed by atoms with E-state index in [1.54, 1.807) is 24.3 Å². The lowest BCUT2D eigenvalue weighted by Gasteiger charge is -2.37. The fourth-order valence-corrected chi connectivity index (χ4v) is 10.8. The summed E-state index contributed by atoms with van der Waals surface area (Å²) in [6.45, 7) is 6.99. The number of aromatic hydroxyl groups is 2. The standard InChI is InChI=1S/C58H42N2O4/c1-33-30-49(59(35-18-22-37(61)23-19-35)47-14-8-12-42-40-10-4-6-16-51(40)63-56(42)47)45-32-46-53-34(28-29-58(46,2)3)31-50(44-27-26-39(33)54(45)55(44)53)60(36-20-24-38(62)25-21-36)48-15-9-13-43-41-11-5-7-17-52(41)64-57(43)48/h4-27,30-32,61-62H,28-29H2,1-3H3. The van der Waals surface area contributed by atoms with Crippen LogP contribution in [0.5, 0.6) is 11.5 Å². The van der Waals surface area contributed by atoms with Crippen LogP contribution in [-0.4, -0.2) is 10.2 Å². The average molecular weight is 831 g/mol. The van der Waals surface area contributed by atoms with Gasteiger partial charge in [0, 0.05) is 49.1 Å². The highest BCUT2D eigenvalue weighted by molar-refractivity contribution is 6.31. The molecule has 0 aliphatic heterocycles. The van der Waals surface area contributed by atoms with E-state index in [9.17, 15) is 10.2 Å². The molecule has 6 heteroatoms. The second-order valence-electron chi connectivity index (χ2n) is 18.1. The Hall–Kier alpha value is -7.96. The van der Waals surface area contributed by atoms with Gasteiger partial charge >= 0.3 is 0 Å². The summed E-state index contributed by atoms with van der Waals surface area (Å²) >= 11 is 0. The number of hydrogen-bond donors (Lipinski definition) is 2. The zero-order valence-electron chi connectivity index (χ0n) is 35.6. The lowest BCUT2D eigenvalue weighted by Crippen LogP contribution is -2.24. The summed E-state index contributed by atoms with van der Waals surface area (Å²) in [5.41, 5.74) is 12.7. The fraction of sp³-hybridized carbons (Fsp3) is 0.103. The van der Waals surface area contributed by atoms with Gasteiger partial charge in [-0.1, -0.05) is 86.6 Å². The number of hydrogen-bond acceptors (Lipinski definition) is 6. The molecule has 0 saturated heterocycles. The van der Waals surface area contributed by atoms with Crippen molar-refractivity contribution in [1.82, 2.24) is 0 Å². The van der Waals surface area contributed by atoms with Crippen LogP contribution in [0.2, 0.25) is 0 Å². The molecule has 12 aromatic rings. The van der Waals surface area contributed by atoms with Gasteiger partial charge in [-0.05, 0) is 149 Å². The second-order valence-corrected chi connectivity index (χ2v) is 18.1. The molecule has 2 N–H and O–H groups in total. The number of aryl methyl sites for hydroxylation is 2. The van der Waals surface area contributed by atoms with Crippen molar-refractivity contribution in [3.8, 4) is 11.5 Å². The summed E-state index contributed by atoms with van der Waals surface area (Å²) in [5, 5.41) is 32.7. The molecule has 0 saturated carbocycles. The molecule has 2 heterocycles. The number of anilines is 6. The molecule has 10 aromatic carbocycles. The van der Waals surface area contributed by atoms with Gasteiger partial charge in [-0.15, -0.1) is 0 Å². The summed E-state index contributed by atoms with van der Waals surface area (Å²) in [4.78, 5) is 4.64. The minimum absolute atomic E-state index is 0.109. The largest absolute Gasteiger partial charge is 0.508 e. The number of para-hydroxylation sites is 4. The SMILES string of the molecule is Cc1cc(N(c2ccc(O)cc2)c2cccc3c2oc2ccccc23)c2cc3c4c(cc(N(c5ccc(O)cc5)c5cccc6c5oc5ccccc56)c5ccc1c2c54)CCC3(C)C. The summed E-state index contributed by atoms with van der Waals surface area (Å²) in [5.74, 6) is 0.419. The molecule has 0 bridgehead atoms. The number of fused-ring (bicyclic) bond motifs is 6. The summed E-state index contributed by atoms with van der Waals surface area (Å²) in [6, 6.07) is 56.1. The molecule has 6 nitrogen and oxygen atoms in total. The Bertz CT molecular complexity index is 3860. The van der Waals surface area contributed by atoms with Crippen LogP contribution in [0, 0.1) is 6.92 Å². The van der Waals surface area contributed by atoms with E-state index in [1.165, 1.54) is 32.7 Å². The van der Waals surface area contributed by atoms with Crippen LogP contribution in [0.15, 0.2) is 173 Å². The highest BCUT2D eigenvalue weighted by Gasteiger charge is 2.34. The maximum atomic E-state index is 10.6. The number of furan rings is 2. The Morgan fingerprint density at radius 3 is 1.55 bits per heavy atom. The second kappa shape index (κ2) is 13.3. The first-order valence-corrected chi connectivity index (χ1v) is 22.0. The Morgan fingerprint density at radius 1 is 0.453 bits per heavy atom. The molecule has 0 atom stereocenters. The van der Waals surface area contributed by atoms with Crippen LogP contribution >= 0.6 is 0 Å². The van der Waals surface area contributed by atoms with E-state index in [-0.39, 0.29) is 16.9 Å². The third-order valence-corrected chi connectivity index (χ3v) is 13.9. The lowest BCUT2D eigenvalue weighted by atomic mass is 9.70. The van der Waals surface area contributed by atoms with Crippen LogP contribution in [-0.2, 0) is 11.8 Å². The molecule has 13 rings (SSSR count). The zero-order chi connectivity index (χ0) is 43.0. The Labute approximate surface area is 368 Å². The predicted molar refractivity (Wildman–Crippen MR) is 263 cm³/mol. The van der Waals surface area contributed by atoms with Gasteiger partial charge in [0.05, 0.1) is 22.7 Å². The van der Waals surface area contributed by atoms with Gasteiger partial charge in [0.1, 0.15) is 22.7 Å². The van der Waals surface area contributed by atoms with E-state index in [2.05, 4.69) is 122 Å². The van der Waals surface area contributed by atoms with Gasteiger partial charge in [-0.25, -0.2) is 0 Å². The number of rotatable bonds is 6. The fourth-order valence-electron chi connectivity index (χ4n) is 10.8. The first-order chi connectivity index (χ1) is 31.2. The highest BCUT2D eigenvalue weighted by atomic mass is 16.3. The first kappa shape index (κ1) is 36.7. The number of phenolic OH excluding ortho intramolecular Hbond substituents is 2. The average Bonchev–Trinajstić information content (AvgIpc) is 3.89. The number of benzene rings is 10. The topological polar surface area (TPSA) is 73.2 Å².